The zero-order valence-corrected chi connectivity index (χ0v) is 27.2. The summed E-state index contributed by atoms with van der Waals surface area (Å²) in [4.78, 5) is 23.7. The van der Waals surface area contributed by atoms with Crippen molar-refractivity contribution in [1.82, 2.24) is 9.97 Å². The number of ether oxygens (including phenoxy) is 3. The van der Waals surface area contributed by atoms with E-state index in [1.807, 2.05) is 65.0 Å². The topological polar surface area (TPSA) is 94.0 Å². The summed E-state index contributed by atoms with van der Waals surface area (Å²) < 4.78 is 33.5. The van der Waals surface area contributed by atoms with Crippen LogP contribution in [0.25, 0.3) is 11.1 Å². The van der Waals surface area contributed by atoms with Gasteiger partial charge in [0.05, 0.1) is 24.0 Å². The molecule has 1 aliphatic heterocycles. The third-order valence-corrected chi connectivity index (χ3v) is 8.11. The number of hydrogen-bond acceptors (Lipinski definition) is 7. The first-order valence-electron chi connectivity index (χ1n) is 15.3. The molecule has 0 bridgehead atoms. The zero-order valence-electron chi connectivity index (χ0n) is 27.2. The Labute approximate surface area is 260 Å². The van der Waals surface area contributed by atoms with E-state index >= 15 is 4.39 Å². The van der Waals surface area contributed by atoms with Gasteiger partial charge < -0.3 is 24.2 Å². The summed E-state index contributed by atoms with van der Waals surface area (Å²) in [5.41, 5.74) is 3.27. The number of carboxylic acids is 1. The van der Waals surface area contributed by atoms with E-state index in [-0.39, 0.29) is 17.4 Å². The summed E-state index contributed by atoms with van der Waals surface area (Å²) >= 11 is 0. The number of anilines is 1. The molecule has 0 aliphatic carbocycles. The fourth-order valence-electron chi connectivity index (χ4n) is 5.27. The highest BCUT2D eigenvalue weighted by Crippen LogP contribution is 2.43. The van der Waals surface area contributed by atoms with E-state index in [1.54, 1.807) is 19.3 Å². The lowest BCUT2D eigenvalue weighted by Gasteiger charge is -2.40. The molecule has 3 aromatic rings. The summed E-state index contributed by atoms with van der Waals surface area (Å²) in [5.74, 6) is -1.86. The molecule has 0 amide bonds. The van der Waals surface area contributed by atoms with Gasteiger partial charge in [-0.2, -0.15) is 0 Å². The van der Waals surface area contributed by atoms with Crippen molar-refractivity contribution in [3.8, 4) is 17.0 Å². The molecule has 0 spiro atoms. The molecule has 238 valence electrons. The Morgan fingerprint density at radius 1 is 1.07 bits per heavy atom. The average Bonchev–Trinajstić information content (AvgIpc) is 2.95. The van der Waals surface area contributed by atoms with Crippen LogP contribution < -0.4 is 9.64 Å². The number of carboxylic acid groups (broad SMARTS) is 1. The Kier molecular flexibility index (Phi) is 10.3. The van der Waals surface area contributed by atoms with Crippen LogP contribution in [0.15, 0.2) is 48.8 Å². The number of carbonyl (C=O) groups is 1. The van der Waals surface area contributed by atoms with E-state index in [4.69, 9.17) is 14.2 Å². The van der Waals surface area contributed by atoms with Crippen molar-refractivity contribution >= 4 is 11.7 Å². The van der Waals surface area contributed by atoms with Gasteiger partial charge in [-0.1, -0.05) is 44.2 Å². The molecule has 9 heteroatoms. The fraction of sp³-hybridized carbons (Fsp3) is 0.514. The number of piperidine rings is 1. The van der Waals surface area contributed by atoms with Gasteiger partial charge in [0, 0.05) is 47.9 Å². The molecule has 1 fully saturated rings. The summed E-state index contributed by atoms with van der Waals surface area (Å²) in [7, 11) is 0. The second kappa shape index (κ2) is 13.6. The van der Waals surface area contributed by atoms with Crippen LogP contribution >= 0.6 is 0 Å². The van der Waals surface area contributed by atoms with Crippen molar-refractivity contribution in [2.24, 2.45) is 5.41 Å². The van der Waals surface area contributed by atoms with Crippen LogP contribution in [0.5, 0.6) is 5.88 Å². The van der Waals surface area contributed by atoms with E-state index in [1.165, 1.54) is 6.07 Å². The number of hydrogen-bond donors (Lipinski definition) is 1. The maximum atomic E-state index is 15.6. The Morgan fingerprint density at radius 2 is 1.73 bits per heavy atom. The highest BCUT2D eigenvalue weighted by Gasteiger charge is 2.36. The van der Waals surface area contributed by atoms with Crippen molar-refractivity contribution in [3.63, 3.8) is 0 Å². The first kappa shape index (κ1) is 33.3. The van der Waals surface area contributed by atoms with Crippen LogP contribution in [0.4, 0.5) is 10.1 Å². The molecular weight excluding hydrogens is 561 g/mol. The molecule has 3 atom stereocenters. The molecule has 0 saturated carbocycles. The molecule has 3 heterocycles. The minimum absolute atomic E-state index is 0.127. The smallest absolute Gasteiger partial charge is 0.337 e. The number of benzene rings is 1. The van der Waals surface area contributed by atoms with E-state index in [0.717, 1.165) is 18.4 Å². The Bertz CT molecular complexity index is 1430. The lowest BCUT2D eigenvalue weighted by atomic mass is 9.82. The zero-order chi connectivity index (χ0) is 32.2. The second-order valence-electron chi connectivity index (χ2n) is 13.5. The van der Waals surface area contributed by atoms with E-state index in [0.29, 0.717) is 47.8 Å². The van der Waals surface area contributed by atoms with Crippen LogP contribution in [0.3, 0.4) is 0 Å². The first-order valence-corrected chi connectivity index (χ1v) is 15.3. The van der Waals surface area contributed by atoms with Gasteiger partial charge in [-0.25, -0.2) is 14.2 Å². The minimum atomic E-state index is -1.26. The number of aryl methyl sites for hydroxylation is 1. The van der Waals surface area contributed by atoms with Gasteiger partial charge in [-0.05, 0) is 71.4 Å². The van der Waals surface area contributed by atoms with Crippen molar-refractivity contribution in [2.45, 2.75) is 98.8 Å². The average molecular weight is 608 g/mol. The van der Waals surface area contributed by atoms with Crippen LogP contribution in [0.2, 0.25) is 0 Å². The molecular formula is C35H46FN3O5. The van der Waals surface area contributed by atoms with Crippen LogP contribution in [-0.4, -0.2) is 51.9 Å². The molecule has 4 rings (SSSR count). The minimum Gasteiger partial charge on any atom is -0.479 e. The van der Waals surface area contributed by atoms with Crippen molar-refractivity contribution in [1.29, 1.82) is 0 Å². The molecule has 1 saturated heterocycles. The summed E-state index contributed by atoms with van der Waals surface area (Å²) in [5, 5.41) is 10.3. The quantitative estimate of drug-likeness (QED) is 0.239. The van der Waals surface area contributed by atoms with E-state index < -0.39 is 29.6 Å². The Hall–Kier alpha value is -3.56. The lowest BCUT2D eigenvalue weighted by molar-refractivity contribution is -0.160. The third kappa shape index (κ3) is 8.33. The van der Waals surface area contributed by atoms with E-state index in [9.17, 15) is 9.90 Å². The molecule has 0 radical (unpaired) electrons. The molecule has 2 unspecified atom stereocenters. The SMILES string of the molecule is Cc1ncc(-c2cnc(OC(C)C(C)OCc3ccccc3)c(F)c2)c(N2CCC(C)(C)CC2)c1[C@H](OC(C)(C)C)C(=O)O. The fourth-order valence-corrected chi connectivity index (χ4v) is 5.27. The predicted octanol–water partition coefficient (Wildman–Crippen LogP) is 7.53. The van der Waals surface area contributed by atoms with Crippen LogP contribution in [0, 0.1) is 18.2 Å². The summed E-state index contributed by atoms with van der Waals surface area (Å²) in [6.45, 7) is 17.3. The maximum absolute atomic E-state index is 15.6. The predicted molar refractivity (Wildman–Crippen MR) is 169 cm³/mol. The third-order valence-electron chi connectivity index (χ3n) is 8.11. The van der Waals surface area contributed by atoms with Gasteiger partial charge in [0.1, 0.15) is 6.10 Å². The standard InChI is InChI=1S/C35H46FN3O5/c1-22-29(31(33(40)41)44-34(4,5)6)30(39-16-14-35(7,8)15-17-39)27(20-37-22)26-18-28(36)32(38-19-26)43-24(3)23(2)42-21-25-12-10-9-11-13-25/h9-13,18-20,23-24,31H,14-17,21H2,1-8H3,(H,40,41)/t23?,24?,31-/m0/s1. The molecule has 44 heavy (non-hydrogen) atoms. The number of pyridine rings is 2. The molecule has 1 aliphatic rings. The van der Waals surface area contributed by atoms with Crippen molar-refractivity contribution in [3.05, 3.63) is 71.4 Å². The van der Waals surface area contributed by atoms with Gasteiger partial charge in [-0.3, -0.25) is 4.98 Å². The van der Waals surface area contributed by atoms with Crippen molar-refractivity contribution < 1.29 is 28.5 Å². The monoisotopic (exact) mass is 607 g/mol. The Morgan fingerprint density at radius 3 is 2.32 bits per heavy atom. The van der Waals surface area contributed by atoms with Gasteiger partial charge in [0.15, 0.2) is 11.9 Å². The molecule has 8 nitrogen and oxygen atoms in total. The Balaban J connectivity index is 1.67. The van der Waals surface area contributed by atoms with Crippen LogP contribution in [-0.2, 0) is 20.9 Å². The number of aromatic nitrogens is 2. The molecule has 2 aromatic heterocycles. The van der Waals surface area contributed by atoms with Gasteiger partial charge >= 0.3 is 5.97 Å². The molecule has 1 aromatic carbocycles. The van der Waals surface area contributed by atoms with Gasteiger partial charge in [-0.15, -0.1) is 0 Å². The molecule has 1 N–H and O–H groups in total. The second-order valence-corrected chi connectivity index (χ2v) is 13.5. The lowest BCUT2D eigenvalue weighted by Crippen LogP contribution is -2.39. The number of nitrogens with zero attached hydrogens (tertiary/aromatic N) is 3. The number of aliphatic carboxylic acids is 1. The summed E-state index contributed by atoms with van der Waals surface area (Å²) in [6, 6.07) is 11.2. The van der Waals surface area contributed by atoms with Crippen molar-refractivity contribution in [2.75, 3.05) is 18.0 Å². The van der Waals surface area contributed by atoms with E-state index in [2.05, 4.69) is 28.7 Å². The summed E-state index contributed by atoms with van der Waals surface area (Å²) in [6.07, 6.45) is 3.03. The van der Waals surface area contributed by atoms with Crippen LogP contribution in [0.1, 0.15) is 84.2 Å². The van der Waals surface area contributed by atoms with Gasteiger partial charge in [0.25, 0.3) is 5.88 Å². The highest BCUT2D eigenvalue weighted by molar-refractivity contribution is 5.86. The normalized spacial score (nSPS) is 17.2. The number of rotatable bonds is 11. The number of halogens is 1. The first-order chi connectivity index (χ1) is 20.6. The highest BCUT2D eigenvalue weighted by atomic mass is 19.1. The maximum Gasteiger partial charge on any atom is 0.337 e. The van der Waals surface area contributed by atoms with Gasteiger partial charge in [0.2, 0.25) is 0 Å². The largest absolute Gasteiger partial charge is 0.479 e.